The number of hydrogen-bond donors (Lipinski definition) is 2. The van der Waals surface area contributed by atoms with Gasteiger partial charge in [-0.15, -0.1) is 0 Å². The molecule has 2 N–H and O–H groups in total. The van der Waals surface area contributed by atoms with E-state index in [1.807, 2.05) is 24.3 Å². The van der Waals surface area contributed by atoms with Crippen molar-refractivity contribution in [1.82, 2.24) is 14.7 Å². The zero-order valence-corrected chi connectivity index (χ0v) is 13.4. The first-order valence-corrected chi connectivity index (χ1v) is 7.99. The summed E-state index contributed by atoms with van der Waals surface area (Å²) in [6, 6.07) is 7.36. The van der Waals surface area contributed by atoms with Crippen molar-refractivity contribution in [3.8, 4) is 0 Å². The minimum absolute atomic E-state index is 0.199. The van der Waals surface area contributed by atoms with Crippen LogP contribution in [0.3, 0.4) is 0 Å². The van der Waals surface area contributed by atoms with Crippen molar-refractivity contribution in [2.75, 3.05) is 18.4 Å². The smallest absolute Gasteiger partial charge is 0.322 e. The molecule has 1 aliphatic heterocycles. The third-order valence-corrected chi connectivity index (χ3v) is 4.08. The van der Waals surface area contributed by atoms with E-state index in [0.29, 0.717) is 30.3 Å². The van der Waals surface area contributed by atoms with Gasteiger partial charge in [-0.25, -0.2) is 4.79 Å². The average Bonchev–Trinajstić information content (AvgIpc) is 2.96. The molecule has 1 fully saturated rings. The van der Waals surface area contributed by atoms with E-state index in [2.05, 4.69) is 10.4 Å². The molecule has 1 aromatic heterocycles. The van der Waals surface area contributed by atoms with Crippen LogP contribution in [0.5, 0.6) is 0 Å². The summed E-state index contributed by atoms with van der Waals surface area (Å²) >= 11 is 5.87. The van der Waals surface area contributed by atoms with Crippen LogP contribution in [0.2, 0.25) is 5.02 Å². The van der Waals surface area contributed by atoms with Gasteiger partial charge in [-0.3, -0.25) is 4.68 Å². The zero-order valence-electron chi connectivity index (χ0n) is 12.7. The van der Waals surface area contributed by atoms with Crippen LogP contribution in [0.4, 0.5) is 10.5 Å². The largest absolute Gasteiger partial charge is 0.391 e. The lowest BCUT2D eigenvalue weighted by Gasteiger charge is -2.29. The number of nitrogens with zero attached hydrogens (tertiary/aromatic N) is 3. The molecule has 3 rings (SSSR count). The third-order valence-electron chi connectivity index (χ3n) is 3.83. The minimum atomic E-state index is -0.429. The molecule has 122 valence electrons. The molecule has 23 heavy (non-hydrogen) atoms. The molecule has 2 amide bonds. The van der Waals surface area contributed by atoms with E-state index in [1.54, 1.807) is 22.0 Å². The lowest BCUT2D eigenvalue weighted by atomic mass is 10.1. The SMILES string of the molecule is O=C(Nc1cnn(Cc2ccc(Cl)cc2)c1)N1CCCC(O)C1. The number of halogens is 1. The summed E-state index contributed by atoms with van der Waals surface area (Å²) in [7, 11) is 0. The Morgan fingerprint density at radius 1 is 1.39 bits per heavy atom. The lowest BCUT2D eigenvalue weighted by molar-refractivity contribution is 0.0883. The number of urea groups is 1. The van der Waals surface area contributed by atoms with Gasteiger partial charge in [0.1, 0.15) is 0 Å². The predicted molar refractivity (Wildman–Crippen MR) is 88.6 cm³/mol. The van der Waals surface area contributed by atoms with Crippen molar-refractivity contribution in [2.45, 2.75) is 25.5 Å². The van der Waals surface area contributed by atoms with E-state index in [0.717, 1.165) is 18.4 Å². The number of piperidine rings is 1. The van der Waals surface area contributed by atoms with Gasteiger partial charge in [-0.2, -0.15) is 5.10 Å². The van der Waals surface area contributed by atoms with Gasteiger partial charge in [0.2, 0.25) is 0 Å². The first-order valence-electron chi connectivity index (χ1n) is 7.61. The fraction of sp³-hybridized carbons (Fsp3) is 0.375. The molecule has 1 aromatic carbocycles. The third kappa shape index (κ3) is 4.24. The van der Waals surface area contributed by atoms with Crippen molar-refractivity contribution < 1.29 is 9.90 Å². The number of carbonyl (C=O) groups is 1. The van der Waals surface area contributed by atoms with Crippen LogP contribution in [-0.2, 0) is 6.54 Å². The number of aliphatic hydroxyl groups is 1. The summed E-state index contributed by atoms with van der Waals surface area (Å²) in [6.07, 6.45) is 4.55. The van der Waals surface area contributed by atoms with E-state index >= 15 is 0 Å². The van der Waals surface area contributed by atoms with Gasteiger partial charge in [0.05, 0.1) is 24.5 Å². The summed E-state index contributed by atoms with van der Waals surface area (Å²) in [6.45, 7) is 1.65. The Balaban J connectivity index is 1.58. The summed E-state index contributed by atoms with van der Waals surface area (Å²) in [5, 5.41) is 17.4. The molecular formula is C16H19ClN4O2. The van der Waals surface area contributed by atoms with Crippen molar-refractivity contribution >= 4 is 23.3 Å². The highest BCUT2D eigenvalue weighted by Crippen LogP contribution is 2.14. The lowest BCUT2D eigenvalue weighted by Crippen LogP contribution is -2.44. The molecular weight excluding hydrogens is 316 g/mol. The molecule has 1 saturated heterocycles. The number of nitrogens with one attached hydrogen (secondary N) is 1. The van der Waals surface area contributed by atoms with Crippen LogP contribution in [0.1, 0.15) is 18.4 Å². The van der Waals surface area contributed by atoms with Crippen LogP contribution in [0.15, 0.2) is 36.7 Å². The summed E-state index contributed by atoms with van der Waals surface area (Å²) in [5.74, 6) is 0. The van der Waals surface area contributed by atoms with Crippen molar-refractivity contribution in [3.63, 3.8) is 0 Å². The fourth-order valence-electron chi connectivity index (χ4n) is 2.63. The number of aliphatic hydroxyl groups excluding tert-OH is 1. The number of rotatable bonds is 3. The van der Waals surface area contributed by atoms with E-state index in [1.165, 1.54) is 0 Å². The molecule has 0 radical (unpaired) electrons. The zero-order chi connectivity index (χ0) is 16.2. The normalized spacial score (nSPS) is 18.0. The Morgan fingerprint density at radius 2 is 2.17 bits per heavy atom. The Bertz CT molecular complexity index is 671. The van der Waals surface area contributed by atoms with Crippen LogP contribution in [0, 0.1) is 0 Å². The highest BCUT2D eigenvalue weighted by atomic mass is 35.5. The highest BCUT2D eigenvalue weighted by Gasteiger charge is 2.22. The van der Waals surface area contributed by atoms with Gasteiger partial charge < -0.3 is 15.3 Å². The standard InChI is InChI=1S/C16H19ClN4O2/c17-13-5-3-12(4-6-13)9-21-10-14(8-18-21)19-16(23)20-7-1-2-15(22)11-20/h3-6,8,10,15,22H,1-2,7,9,11H2,(H,19,23). The van der Waals surface area contributed by atoms with Gasteiger partial charge >= 0.3 is 6.03 Å². The molecule has 1 atom stereocenters. The van der Waals surface area contributed by atoms with E-state index < -0.39 is 6.10 Å². The number of benzene rings is 1. The highest BCUT2D eigenvalue weighted by molar-refractivity contribution is 6.30. The number of carbonyl (C=O) groups excluding carboxylic acids is 1. The van der Waals surface area contributed by atoms with Crippen molar-refractivity contribution in [1.29, 1.82) is 0 Å². The first-order chi connectivity index (χ1) is 11.1. The van der Waals surface area contributed by atoms with Gasteiger partial charge in [0.15, 0.2) is 0 Å². The topological polar surface area (TPSA) is 70.4 Å². The Kier molecular flexibility index (Phi) is 4.83. The summed E-state index contributed by atoms with van der Waals surface area (Å²) < 4.78 is 1.75. The molecule has 6 nitrogen and oxygen atoms in total. The number of likely N-dealkylation sites (tertiary alicyclic amines) is 1. The maximum Gasteiger partial charge on any atom is 0.322 e. The Hall–Kier alpha value is -2.05. The average molecular weight is 335 g/mol. The van der Waals surface area contributed by atoms with Crippen LogP contribution in [-0.4, -0.2) is 45.0 Å². The molecule has 1 unspecified atom stereocenters. The molecule has 1 aliphatic rings. The predicted octanol–water partition coefficient (Wildman–Crippen LogP) is 2.57. The van der Waals surface area contributed by atoms with Crippen LogP contribution >= 0.6 is 11.6 Å². The number of anilines is 1. The second-order valence-corrected chi connectivity index (χ2v) is 6.16. The van der Waals surface area contributed by atoms with Gasteiger partial charge in [-0.05, 0) is 30.5 Å². The van der Waals surface area contributed by atoms with Gasteiger partial charge in [0.25, 0.3) is 0 Å². The molecule has 0 saturated carbocycles. The fourth-order valence-corrected chi connectivity index (χ4v) is 2.76. The van der Waals surface area contributed by atoms with Gasteiger partial charge in [0, 0.05) is 24.3 Å². The van der Waals surface area contributed by atoms with Gasteiger partial charge in [-0.1, -0.05) is 23.7 Å². The second kappa shape index (κ2) is 7.02. The first kappa shape index (κ1) is 15.8. The molecule has 7 heteroatoms. The number of β-amino-alcohol motifs (C(OH)–C–C–N with tert-alkyl or cyclic N) is 1. The van der Waals surface area contributed by atoms with E-state index in [4.69, 9.17) is 11.6 Å². The summed E-state index contributed by atoms with van der Waals surface area (Å²) in [5.41, 5.74) is 1.72. The molecule has 2 aromatic rings. The minimum Gasteiger partial charge on any atom is -0.391 e. The maximum absolute atomic E-state index is 12.2. The Labute approximate surface area is 139 Å². The van der Waals surface area contributed by atoms with E-state index in [9.17, 15) is 9.90 Å². The molecule has 0 spiro atoms. The molecule has 0 bridgehead atoms. The quantitative estimate of drug-likeness (QED) is 0.906. The number of amides is 2. The van der Waals surface area contributed by atoms with Crippen molar-refractivity contribution in [2.24, 2.45) is 0 Å². The molecule has 0 aliphatic carbocycles. The number of aromatic nitrogens is 2. The van der Waals surface area contributed by atoms with Crippen molar-refractivity contribution in [3.05, 3.63) is 47.2 Å². The number of hydrogen-bond acceptors (Lipinski definition) is 3. The maximum atomic E-state index is 12.2. The second-order valence-electron chi connectivity index (χ2n) is 5.73. The molecule has 2 heterocycles. The van der Waals surface area contributed by atoms with Crippen LogP contribution in [0.25, 0.3) is 0 Å². The van der Waals surface area contributed by atoms with Crippen LogP contribution < -0.4 is 5.32 Å². The van der Waals surface area contributed by atoms with E-state index in [-0.39, 0.29) is 6.03 Å². The Morgan fingerprint density at radius 3 is 2.91 bits per heavy atom. The summed E-state index contributed by atoms with van der Waals surface area (Å²) in [4.78, 5) is 13.8. The monoisotopic (exact) mass is 334 g/mol.